The Morgan fingerprint density at radius 1 is 1.02 bits per heavy atom. The first-order chi connectivity index (χ1) is 19.7. The number of rotatable bonds is 9. The Balaban J connectivity index is 2.17. The number of benzene rings is 1. The maximum absolute atomic E-state index is 4.22. The van der Waals surface area contributed by atoms with Crippen LogP contribution in [0.2, 0.25) is 0 Å². The van der Waals surface area contributed by atoms with E-state index in [1.807, 2.05) is 30.4 Å². The van der Waals surface area contributed by atoms with Gasteiger partial charge in [0.2, 0.25) is 0 Å². The van der Waals surface area contributed by atoms with Crippen molar-refractivity contribution in [1.29, 1.82) is 0 Å². The van der Waals surface area contributed by atoms with E-state index in [9.17, 15) is 0 Å². The summed E-state index contributed by atoms with van der Waals surface area (Å²) in [6, 6.07) is 6.73. The van der Waals surface area contributed by atoms with Gasteiger partial charge in [0.15, 0.2) is 0 Å². The molecule has 3 rings (SSSR count). The molecule has 0 atom stereocenters. The van der Waals surface area contributed by atoms with Crippen LogP contribution in [0.5, 0.6) is 0 Å². The van der Waals surface area contributed by atoms with Gasteiger partial charge in [-0.2, -0.15) is 0 Å². The first-order valence-electron chi connectivity index (χ1n) is 14.2. The molecule has 0 N–H and O–H groups in total. The van der Waals surface area contributed by atoms with Crippen LogP contribution >= 0.6 is 0 Å². The van der Waals surface area contributed by atoms with Crippen molar-refractivity contribution in [3.05, 3.63) is 137 Å². The molecule has 0 amide bonds. The van der Waals surface area contributed by atoms with Gasteiger partial charge >= 0.3 is 0 Å². The fourth-order valence-electron chi connectivity index (χ4n) is 4.93. The van der Waals surface area contributed by atoms with E-state index in [1.165, 1.54) is 33.5 Å². The molecule has 1 aliphatic carbocycles. The summed E-state index contributed by atoms with van der Waals surface area (Å²) >= 11 is 0. The van der Waals surface area contributed by atoms with Crippen LogP contribution in [0.3, 0.4) is 0 Å². The molecule has 4 heteroatoms. The summed E-state index contributed by atoms with van der Waals surface area (Å²) in [5.74, 6) is 0. The minimum absolute atomic E-state index is 0.753. The number of allylic oxidation sites excluding steroid dienone is 12. The van der Waals surface area contributed by atoms with E-state index in [-0.39, 0.29) is 0 Å². The van der Waals surface area contributed by atoms with Gasteiger partial charge in [-0.15, -0.1) is 5.73 Å². The number of nitrogens with zero attached hydrogens (tertiary/aromatic N) is 4. The standard InChI is InChI=1S/C37H46N4/c1-10-31(38(5)6)22-20-26-41-36(30(4)34-25-24-33(39(7)8)28-37(34)41)27-32(11-2)40(9)35-23-19-17-15-13-12-14-16-18-21-29(35)3/h10-15,17-18,20-25,27-28H,2,19,26H2,1,3-9H3/b13-12+,17-15-,22-20-,29-21+,31-10+,32-27+,35-23+. The van der Waals surface area contributed by atoms with Gasteiger partial charge in [-0.3, -0.25) is 0 Å². The van der Waals surface area contributed by atoms with Crippen LogP contribution in [0.4, 0.5) is 5.69 Å². The van der Waals surface area contributed by atoms with Crippen LogP contribution in [0.1, 0.15) is 31.5 Å². The van der Waals surface area contributed by atoms with E-state index in [2.05, 4.69) is 154 Å². The molecule has 0 spiro atoms. The fraction of sp³-hybridized carbons (Fsp3) is 0.270. The van der Waals surface area contributed by atoms with E-state index < -0.39 is 0 Å². The van der Waals surface area contributed by atoms with E-state index in [0.717, 1.165) is 29.9 Å². The van der Waals surface area contributed by atoms with Gasteiger partial charge in [0.25, 0.3) is 0 Å². The second-order valence-electron chi connectivity index (χ2n) is 10.5. The molecule has 1 aromatic heterocycles. The molecule has 0 bridgehead atoms. The summed E-state index contributed by atoms with van der Waals surface area (Å²) in [6.45, 7) is 11.4. The Morgan fingerprint density at radius 3 is 2.49 bits per heavy atom. The molecule has 0 unspecified atom stereocenters. The van der Waals surface area contributed by atoms with Gasteiger partial charge in [0.1, 0.15) is 0 Å². The number of fused-ring (bicyclic) bond motifs is 1. The predicted octanol–water partition coefficient (Wildman–Crippen LogP) is 8.55. The van der Waals surface area contributed by atoms with Gasteiger partial charge in [0.05, 0.1) is 5.52 Å². The highest BCUT2D eigenvalue weighted by atomic mass is 15.1. The molecule has 41 heavy (non-hydrogen) atoms. The third kappa shape index (κ3) is 7.84. The maximum Gasteiger partial charge on any atom is 0.0511 e. The van der Waals surface area contributed by atoms with Crippen LogP contribution in [0.15, 0.2) is 126 Å². The van der Waals surface area contributed by atoms with Gasteiger partial charge in [-0.25, -0.2) is 0 Å². The molecule has 0 fully saturated rings. The number of aromatic nitrogens is 1. The smallest absolute Gasteiger partial charge is 0.0511 e. The summed E-state index contributed by atoms with van der Waals surface area (Å²) in [7, 11) is 10.4. The highest BCUT2D eigenvalue weighted by molar-refractivity contribution is 5.90. The molecule has 0 saturated heterocycles. The molecule has 2 aromatic rings. The fourth-order valence-corrected chi connectivity index (χ4v) is 4.93. The van der Waals surface area contributed by atoms with Crippen molar-refractivity contribution in [3.8, 4) is 0 Å². The number of likely N-dealkylation sites (N-methyl/N-ethyl adjacent to an activating group) is 2. The number of aryl methyl sites for hydroxylation is 1. The van der Waals surface area contributed by atoms with Crippen molar-refractivity contribution in [2.75, 3.05) is 40.1 Å². The van der Waals surface area contributed by atoms with Crippen molar-refractivity contribution in [1.82, 2.24) is 14.4 Å². The average Bonchev–Trinajstić information content (AvgIpc) is 3.20. The summed E-state index contributed by atoms with van der Waals surface area (Å²) in [5.41, 5.74) is 12.6. The zero-order valence-electron chi connectivity index (χ0n) is 26.1. The van der Waals surface area contributed by atoms with Crippen molar-refractivity contribution in [2.45, 2.75) is 33.7 Å². The lowest BCUT2D eigenvalue weighted by molar-refractivity contribution is 0.528. The number of hydrogen-bond acceptors (Lipinski definition) is 3. The van der Waals surface area contributed by atoms with Crippen molar-refractivity contribution in [3.63, 3.8) is 0 Å². The molecule has 1 aromatic carbocycles. The zero-order valence-corrected chi connectivity index (χ0v) is 26.1. The van der Waals surface area contributed by atoms with Crippen LogP contribution in [-0.4, -0.2) is 49.6 Å². The van der Waals surface area contributed by atoms with Crippen LogP contribution in [-0.2, 0) is 6.54 Å². The topological polar surface area (TPSA) is 14.7 Å². The second-order valence-corrected chi connectivity index (χ2v) is 10.5. The summed E-state index contributed by atoms with van der Waals surface area (Å²) in [6.07, 6.45) is 28.1. The normalized spacial score (nSPS) is 18.7. The highest BCUT2D eigenvalue weighted by Gasteiger charge is 2.16. The van der Waals surface area contributed by atoms with Crippen molar-refractivity contribution >= 4 is 22.7 Å². The van der Waals surface area contributed by atoms with E-state index in [4.69, 9.17) is 0 Å². The predicted molar refractivity (Wildman–Crippen MR) is 181 cm³/mol. The highest BCUT2D eigenvalue weighted by Crippen LogP contribution is 2.32. The number of anilines is 1. The molecular weight excluding hydrogens is 500 g/mol. The van der Waals surface area contributed by atoms with E-state index in [1.54, 1.807) is 0 Å². The monoisotopic (exact) mass is 546 g/mol. The van der Waals surface area contributed by atoms with Crippen LogP contribution in [0.25, 0.3) is 17.0 Å². The van der Waals surface area contributed by atoms with Gasteiger partial charge in [0, 0.05) is 75.6 Å². The molecule has 1 heterocycles. The molecular formula is C37H46N4. The summed E-state index contributed by atoms with van der Waals surface area (Å²) in [4.78, 5) is 6.52. The summed E-state index contributed by atoms with van der Waals surface area (Å²) < 4.78 is 2.41. The Kier molecular flexibility index (Phi) is 11.3. The first kappa shape index (κ1) is 31.1. The SMILES string of the molecule is C=C/C(=C\c1c(C)c2ccc(N(C)C)cc2n1C/C=C\C(=C/C)N(C)C)N(C)C1=C/C/C=C\C=C\C=C=C\C=C\1C. The molecule has 4 nitrogen and oxygen atoms in total. The minimum Gasteiger partial charge on any atom is -0.378 e. The molecule has 214 valence electrons. The lowest BCUT2D eigenvalue weighted by Crippen LogP contribution is -2.17. The summed E-state index contributed by atoms with van der Waals surface area (Å²) in [5, 5.41) is 1.26. The third-order valence-corrected chi connectivity index (χ3v) is 7.33. The molecule has 0 radical (unpaired) electrons. The van der Waals surface area contributed by atoms with Gasteiger partial charge < -0.3 is 19.3 Å². The molecule has 0 saturated carbocycles. The minimum atomic E-state index is 0.753. The van der Waals surface area contributed by atoms with E-state index >= 15 is 0 Å². The second kappa shape index (κ2) is 14.8. The van der Waals surface area contributed by atoms with E-state index in [0.29, 0.717) is 0 Å². The maximum atomic E-state index is 4.22. The molecule has 1 aliphatic rings. The lowest BCUT2D eigenvalue weighted by Gasteiger charge is -2.25. The van der Waals surface area contributed by atoms with Crippen molar-refractivity contribution in [2.24, 2.45) is 0 Å². The van der Waals surface area contributed by atoms with Gasteiger partial charge in [-0.1, -0.05) is 55.2 Å². The van der Waals surface area contributed by atoms with Crippen LogP contribution in [0, 0.1) is 6.92 Å². The Hall–Kier alpha value is -4.40. The quantitative estimate of drug-likeness (QED) is 0.231. The first-order valence-corrected chi connectivity index (χ1v) is 14.2. The Labute approximate surface area is 247 Å². The zero-order chi connectivity index (χ0) is 29.9. The lowest BCUT2D eigenvalue weighted by atomic mass is 10.1. The molecule has 0 aliphatic heterocycles. The third-order valence-electron chi connectivity index (χ3n) is 7.33. The van der Waals surface area contributed by atoms with Crippen LogP contribution < -0.4 is 4.90 Å². The Bertz CT molecular complexity index is 1520. The number of hydrogen-bond donors (Lipinski definition) is 0. The average molecular weight is 547 g/mol. The van der Waals surface area contributed by atoms with Gasteiger partial charge in [-0.05, 0) is 86.9 Å². The van der Waals surface area contributed by atoms with Crippen molar-refractivity contribution < 1.29 is 0 Å². The Morgan fingerprint density at radius 2 is 1.80 bits per heavy atom. The largest absolute Gasteiger partial charge is 0.378 e.